The van der Waals surface area contributed by atoms with Gasteiger partial charge in [0.15, 0.2) is 5.96 Å². The Kier molecular flexibility index (Phi) is 11.2. The predicted octanol–water partition coefficient (Wildman–Crippen LogP) is 2.48. The second-order valence-electron chi connectivity index (χ2n) is 7.09. The van der Waals surface area contributed by atoms with Gasteiger partial charge in [0.25, 0.3) is 5.91 Å². The molecule has 0 bridgehead atoms. The van der Waals surface area contributed by atoms with E-state index < -0.39 is 0 Å². The van der Waals surface area contributed by atoms with E-state index in [1.807, 2.05) is 30.3 Å². The van der Waals surface area contributed by atoms with Crippen molar-refractivity contribution in [1.29, 1.82) is 0 Å². The molecule has 6 heteroatoms. The fraction of sp³-hybridized carbons (Fsp3) is 0.619. The van der Waals surface area contributed by atoms with Crippen molar-refractivity contribution >= 4 is 11.9 Å². The number of aliphatic imine (C=N–C) groups is 1. The maximum atomic E-state index is 12.0. The highest BCUT2D eigenvalue weighted by molar-refractivity contribution is 5.94. The number of guanidine groups is 1. The normalized spacial score (nSPS) is 11.9. The Morgan fingerprint density at radius 3 is 2.26 bits per heavy atom. The molecule has 152 valence electrons. The van der Waals surface area contributed by atoms with Crippen LogP contribution in [0.25, 0.3) is 0 Å². The summed E-state index contributed by atoms with van der Waals surface area (Å²) < 4.78 is 0. The summed E-state index contributed by atoms with van der Waals surface area (Å²) >= 11 is 0. The molecule has 1 amide bonds. The summed E-state index contributed by atoms with van der Waals surface area (Å²) in [4.78, 5) is 19.0. The molecule has 0 saturated heterocycles. The van der Waals surface area contributed by atoms with Crippen LogP contribution in [0.3, 0.4) is 0 Å². The molecule has 1 aromatic rings. The first-order valence-corrected chi connectivity index (χ1v) is 10.1. The average Bonchev–Trinajstić information content (AvgIpc) is 2.64. The Morgan fingerprint density at radius 1 is 1.00 bits per heavy atom. The molecule has 0 fully saturated rings. The minimum atomic E-state index is -0.0351. The van der Waals surface area contributed by atoms with Gasteiger partial charge in [0.05, 0.1) is 0 Å². The van der Waals surface area contributed by atoms with Gasteiger partial charge >= 0.3 is 0 Å². The number of hydrogen-bond donors (Lipinski definition) is 3. The SMILES string of the molecule is CCNC(=NCCCNC(=O)c1ccccc1)NCCN(C(C)C)C(C)C. The monoisotopic (exact) mass is 375 g/mol. The predicted molar refractivity (Wildman–Crippen MR) is 114 cm³/mol. The highest BCUT2D eigenvalue weighted by atomic mass is 16.1. The summed E-state index contributed by atoms with van der Waals surface area (Å²) in [7, 11) is 0. The second-order valence-corrected chi connectivity index (χ2v) is 7.09. The quantitative estimate of drug-likeness (QED) is 0.316. The Labute approximate surface area is 164 Å². The van der Waals surface area contributed by atoms with Crippen LogP contribution < -0.4 is 16.0 Å². The zero-order valence-corrected chi connectivity index (χ0v) is 17.6. The van der Waals surface area contributed by atoms with Crippen molar-refractivity contribution in [3.05, 3.63) is 35.9 Å². The maximum Gasteiger partial charge on any atom is 0.251 e. The molecule has 0 unspecified atom stereocenters. The van der Waals surface area contributed by atoms with Crippen molar-refractivity contribution in [2.45, 2.75) is 53.1 Å². The van der Waals surface area contributed by atoms with Crippen molar-refractivity contribution in [2.24, 2.45) is 4.99 Å². The molecule has 0 aliphatic rings. The lowest BCUT2D eigenvalue weighted by atomic mass is 10.2. The van der Waals surface area contributed by atoms with E-state index >= 15 is 0 Å². The average molecular weight is 376 g/mol. The number of benzene rings is 1. The molecule has 1 aromatic carbocycles. The van der Waals surface area contributed by atoms with Gasteiger partial charge in [-0.3, -0.25) is 14.7 Å². The van der Waals surface area contributed by atoms with Gasteiger partial charge in [0.1, 0.15) is 0 Å². The van der Waals surface area contributed by atoms with Crippen LogP contribution in [-0.2, 0) is 0 Å². The van der Waals surface area contributed by atoms with Gasteiger partial charge in [-0.25, -0.2) is 0 Å². The van der Waals surface area contributed by atoms with Crippen LogP contribution in [0.2, 0.25) is 0 Å². The van der Waals surface area contributed by atoms with Crippen LogP contribution in [0.15, 0.2) is 35.3 Å². The third kappa shape index (κ3) is 9.43. The summed E-state index contributed by atoms with van der Waals surface area (Å²) in [5.41, 5.74) is 0.691. The fourth-order valence-electron chi connectivity index (χ4n) is 2.92. The van der Waals surface area contributed by atoms with E-state index in [-0.39, 0.29) is 5.91 Å². The molecule has 1 rings (SSSR count). The van der Waals surface area contributed by atoms with Gasteiger partial charge < -0.3 is 16.0 Å². The zero-order valence-electron chi connectivity index (χ0n) is 17.6. The lowest BCUT2D eigenvalue weighted by molar-refractivity contribution is 0.0953. The molecule has 27 heavy (non-hydrogen) atoms. The molecule has 0 aliphatic heterocycles. The lowest BCUT2D eigenvalue weighted by Gasteiger charge is -2.30. The van der Waals surface area contributed by atoms with Crippen molar-refractivity contribution < 1.29 is 4.79 Å². The van der Waals surface area contributed by atoms with Crippen LogP contribution in [0.5, 0.6) is 0 Å². The number of nitrogens with zero attached hydrogens (tertiary/aromatic N) is 2. The summed E-state index contributed by atoms with van der Waals surface area (Å²) in [5.74, 6) is 0.798. The van der Waals surface area contributed by atoms with Gasteiger partial charge in [-0.1, -0.05) is 18.2 Å². The first-order chi connectivity index (χ1) is 13.0. The van der Waals surface area contributed by atoms with Crippen molar-refractivity contribution in [3.8, 4) is 0 Å². The molecule has 0 aromatic heterocycles. The van der Waals surface area contributed by atoms with Crippen LogP contribution in [0.4, 0.5) is 0 Å². The van der Waals surface area contributed by atoms with E-state index in [1.165, 1.54) is 0 Å². The number of carbonyl (C=O) groups is 1. The van der Waals surface area contributed by atoms with E-state index in [0.29, 0.717) is 30.7 Å². The third-order valence-corrected chi connectivity index (χ3v) is 4.26. The zero-order chi connectivity index (χ0) is 20.1. The molecule has 0 heterocycles. The van der Waals surface area contributed by atoms with Crippen LogP contribution >= 0.6 is 0 Å². The Balaban J connectivity index is 2.33. The van der Waals surface area contributed by atoms with Gasteiger partial charge in [-0.05, 0) is 53.2 Å². The van der Waals surface area contributed by atoms with E-state index in [2.05, 4.69) is 60.5 Å². The van der Waals surface area contributed by atoms with E-state index in [1.54, 1.807) is 0 Å². The summed E-state index contributed by atoms with van der Waals surface area (Å²) in [6.07, 6.45) is 0.805. The standard InChI is InChI=1S/C21H37N5O/c1-6-22-21(25-15-16-26(17(2)3)18(4)5)24-14-10-13-23-20(27)19-11-8-7-9-12-19/h7-9,11-12,17-18H,6,10,13-16H2,1-5H3,(H,23,27)(H2,22,24,25). The van der Waals surface area contributed by atoms with Gasteiger partial charge in [-0.2, -0.15) is 0 Å². The van der Waals surface area contributed by atoms with Crippen LogP contribution in [-0.4, -0.2) is 61.6 Å². The second kappa shape index (κ2) is 13.1. The van der Waals surface area contributed by atoms with Crippen molar-refractivity contribution in [2.75, 3.05) is 32.7 Å². The van der Waals surface area contributed by atoms with Gasteiger partial charge in [0.2, 0.25) is 0 Å². The highest BCUT2D eigenvalue weighted by Crippen LogP contribution is 2.03. The van der Waals surface area contributed by atoms with E-state index in [4.69, 9.17) is 0 Å². The third-order valence-electron chi connectivity index (χ3n) is 4.26. The minimum absolute atomic E-state index is 0.0351. The van der Waals surface area contributed by atoms with E-state index in [0.717, 1.165) is 32.0 Å². The number of nitrogens with one attached hydrogen (secondary N) is 3. The highest BCUT2D eigenvalue weighted by Gasteiger charge is 2.12. The van der Waals surface area contributed by atoms with Crippen LogP contribution in [0, 0.1) is 0 Å². The van der Waals surface area contributed by atoms with E-state index in [9.17, 15) is 4.79 Å². The molecule has 3 N–H and O–H groups in total. The Bertz CT molecular complexity index is 549. The largest absolute Gasteiger partial charge is 0.357 e. The number of hydrogen-bond acceptors (Lipinski definition) is 3. The maximum absolute atomic E-state index is 12.0. The van der Waals surface area contributed by atoms with Crippen molar-refractivity contribution in [3.63, 3.8) is 0 Å². The Hall–Kier alpha value is -2.08. The number of rotatable bonds is 11. The topological polar surface area (TPSA) is 68.8 Å². The molecule has 0 saturated carbocycles. The minimum Gasteiger partial charge on any atom is -0.357 e. The first-order valence-electron chi connectivity index (χ1n) is 10.1. The van der Waals surface area contributed by atoms with Gasteiger partial charge in [0, 0.05) is 50.4 Å². The molecular weight excluding hydrogens is 338 g/mol. The molecule has 0 radical (unpaired) electrons. The van der Waals surface area contributed by atoms with Crippen LogP contribution in [0.1, 0.15) is 51.4 Å². The summed E-state index contributed by atoms with van der Waals surface area (Å²) in [5, 5.41) is 9.60. The first kappa shape index (κ1) is 23.0. The summed E-state index contributed by atoms with van der Waals surface area (Å²) in [6.45, 7) is 14.9. The molecule has 0 spiro atoms. The molecule has 6 nitrogen and oxygen atoms in total. The van der Waals surface area contributed by atoms with Crippen molar-refractivity contribution in [1.82, 2.24) is 20.9 Å². The Morgan fingerprint density at radius 2 is 1.67 bits per heavy atom. The summed E-state index contributed by atoms with van der Waals surface area (Å²) in [6, 6.07) is 10.3. The fourth-order valence-corrected chi connectivity index (χ4v) is 2.92. The molecular formula is C21H37N5O. The molecule has 0 atom stereocenters. The molecule has 0 aliphatic carbocycles. The smallest absolute Gasteiger partial charge is 0.251 e. The van der Waals surface area contributed by atoms with Gasteiger partial charge in [-0.15, -0.1) is 0 Å². The number of amides is 1. The lowest BCUT2D eigenvalue weighted by Crippen LogP contribution is -2.45. The number of carbonyl (C=O) groups excluding carboxylic acids is 1.